The topological polar surface area (TPSA) is 29.3 Å². The Morgan fingerprint density at radius 1 is 1.31 bits per heavy atom. The Hall–Kier alpha value is -0.0800. The Morgan fingerprint density at radius 2 is 1.92 bits per heavy atom. The first-order valence-electron chi connectivity index (χ1n) is 5.57. The summed E-state index contributed by atoms with van der Waals surface area (Å²) in [5, 5.41) is 0. The van der Waals surface area contributed by atoms with Gasteiger partial charge >= 0.3 is 0 Å². The molecule has 0 radical (unpaired) electrons. The van der Waals surface area contributed by atoms with Crippen molar-refractivity contribution in [3.05, 3.63) is 0 Å². The molecule has 78 valence electrons. The molecule has 0 heterocycles. The van der Waals surface area contributed by atoms with E-state index < -0.39 is 0 Å². The molecule has 2 heteroatoms. The maximum atomic E-state index is 5.64. The van der Waals surface area contributed by atoms with Crippen LogP contribution < -0.4 is 5.73 Å². The van der Waals surface area contributed by atoms with Crippen molar-refractivity contribution in [1.29, 1.82) is 0 Å². The summed E-state index contributed by atoms with van der Waals surface area (Å²) < 4.78 is 0. The molecule has 0 bridgehead atoms. The summed E-state index contributed by atoms with van der Waals surface area (Å²) in [6.45, 7) is 10.1. The van der Waals surface area contributed by atoms with Crippen LogP contribution in [0, 0.1) is 11.8 Å². The normalized spacial score (nSPS) is 19.8. The molecule has 2 N–H and O–H groups in total. The molecule has 1 unspecified atom stereocenters. The van der Waals surface area contributed by atoms with E-state index in [-0.39, 0.29) is 0 Å². The van der Waals surface area contributed by atoms with Crippen LogP contribution in [0.15, 0.2) is 0 Å². The summed E-state index contributed by atoms with van der Waals surface area (Å²) in [6.07, 6.45) is 2.89. The van der Waals surface area contributed by atoms with E-state index in [4.69, 9.17) is 5.73 Å². The van der Waals surface area contributed by atoms with E-state index in [0.717, 1.165) is 12.5 Å². The molecule has 1 atom stereocenters. The fraction of sp³-hybridized carbons (Fsp3) is 1.00. The molecular weight excluding hydrogens is 160 g/mol. The van der Waals surface area contributed by atoms with Gasteiger partial charge in [0.25, 0.3) is 0 Å². The summed E-state index contributed by atoms with van der Waals surface area (Å²) in [4.78, 5) is 2.58. The van der Waals surface area contributed by atoms with Gasteiger partial charge in [-0.05, 0) is 45.1 Å². The van der Waals surface area contributed by atoms with Crippen LogP contribution >= 0.6 is 0 Å². The molecule has 0 spiro atoms. The van der Waals surface area contributed by atoms with Gasteiger partial charge < -0.3 is 10.6 Å². The van der Waals surface area contributed by atoms with Crippen LogP contribution in [0.4, 0.5) is 0 Å². The van der Waals surface area contributed by atoms with Crippen molar-refractivity contribution < 1.29 is 0 Å². The second-order valence-electron chi connectivity index (χ2n) is 4.83. The molecule has 13 heavy (non-hydrogen) atoms. The van der Waals surface area contributed by atoms with E-state index in [1.165, 1.54) is 25.9 Å². The first-order valence-corrected chi connectivity index (χ1v) is 5.57. The van der Waals surface area contributed by atoms with Crippen molar-refractivity contribution in [2.24, 2.45) is 17.6 Å². The summed E-state index contributed by atoms with van der Waals surface area (Å²) >= 11 is 0. The van der Waals surface area contributed by atoms with Crippen LogP contribution in [0.5, 0.6) is 0 Å². The first kappa shape index (κ1) is 11.0. The van der Waals surface area contributed by atoms with Crippen molar-refractivity contribution >= 4 is 0 Å². The third-order valence-electron chi connectivity index (χ3n) is 2.87. The van der Waals surface area contributed by atoms with Gasteiger partial charge in [0.2, 0.25) is 0 Å². The van der Waals surface area contributed by atoms with Crippen LogP contribution in [0.1, 0.15) is 33.6 Å². The van der Waals surface area contributed by atoms with Crippen molar-refractivity contribution in [3.63, 3.8) is 0 Å². The first-order chi connectivity index (χ1) is 6.13. The zero-order chi connectivity index (χ0) is 9.84. The van der Waals surface area contributed by atoms with Gasteiger partial charge in [0.05, 0.1) is 0 Å². The zero-order valence-electron chi connectivity index (χ0n) is 9.29. The predicted molar refractivity (Wildman–Crippen MR) is 57.7 cm³/mol. The molecule has 0 saturated heterocycles. The quantitative estimate of drug-likeness (QED) is 0.681. The molecule has 1 saturated carbocycles. The summed E-state index contributed by atoms with van der Waals surface area (Å²) in [6, 6.07) is 0.676. The Balaban J connectivity index is 2.27. The molecule has 1 rings (SSSR count). The highest BCUT2D eigenvalue weighted by molar-refractivity contribution is 4.79. The van der Waals surface area contributed by atoms with E-state index in [1.807, 2.05) is 0 Å². The summed E-state index contributed by atoms with van der Waals surface area (Å²) in [5.74, 6) is 1.63. The van der Waals surface area contributed by atoms with E-state index in [1.54, 1.807) is 0 Å². The maximum Gasteiger partial charge on any atom is 0.00388 e. The van der Waals surface area contributed by atoms with Crippen molar-refractivity contribution in [2.75, 3.05) is 19.6 Å². The van der Waals surface area contributed by atoms with E-state index in [2.05, 4.69) is 25.7 Å². The van der Waals surface area contributed by atoms with Crippen LogP contribution in [-0.4, -0.2) is 30.6 Å². The second-order valence-corrected chi connectivity index (χ2v) is 4.83. The van der Waals surface area contributed by atoms with E-state index in [9.17, 15) is 0 Å². The molecule has 0 aliphatic heterocycles. The monoisotopic (exact) mass is 184 g/mol. The highest BCUT2D eigenvalue weighted by Crippen LogP contribution is 2.30. The van der Waals surface area contributed by atoms with Crippen LogP contribution in [0.2, 0.25) is 0 Å². The van der Waals surface area contributed by atoms with Gasteiger partial charge in [0.1, 0.15) is 0 Å². The predicted octanol–water partition coefficient (Wildman–Crippen LogP) is 1.70. The van der Waals surface area contributed by atoms with Gasteiger partial charge in [0, 0.05) is 19.1 Å². The fourth-order valence-corrected chi connectivity index (χ4v) is 1.60. The number of nitrogens with zero attached hydrogens (tertiary/aromatic N) is 1. The lowest BCUT2D eigenvalue weighted by Gasteiger charge is -2.28. The molecule has 2 nitrogen and oxygen atoms in total. The molecule has 1 fully saturated rings. The largest absolute Gasteiger partial charge is 0.330 e. The molecular formula is C11H24N2. The minimum atomic E-state index is 0.640. The number of nitrogens with two attached hydrogens (primary N) is 1. The van der Waals surface area contributed by atoms with Crippen LogP contribution in [-0.2, 0) is 0 Å². The number of hydrogen-bond acceptors (Lipinski definition) is 2. The lowest BCUT2D eigenvalue weighted by atomic mass is 10.1. The van der Waals surface area contributed by atoms with Crippen LogP contribution in [0.25, 0.3) is 0 Å². The Labute approximate surface area is 82.5 Å². The van der Waals surface area contributed by atoms with E-state index >= 15 is 0 Å². The van der Waals surface area contributed by atoms with Gasteiger partial charge in [0.15, 0.2) is 0 Å². The standard InChI is InChI=1S/C11H24N2/c1-9(2)13(7-10(3)6-12)8-11-4-5-11/h9-11H,4-8,12H2,1-3H3. The minimum Gasteiger partial charge on any atom is -0.330 e. The van der Waals surface area contributed by atoms with Gasteiger partial charge in [-0.2, -0.15) is 0 Å². The fourth-order valence-electron chi connectivity index (χ4n) is 1.60. The average Bonchev–Trinajstić information content (AvgIpc) is 2.86. The Morgan fingerprint density at radius 3 is 2.31 bits per heavy atom. The molecule has 1 aliphatic carbocycles. The SMILES string of the molecule is CC(CN)CN(CC1CC1)C(C)C. The zero-order valence-corrected chi connectivity index (χ0v) is 9.29. The molecule has 0 aromatic rings. The maximum absolute atomic E-state index is 5.64. The molecule has 0 amide bonds. The number of hydrogen-bond donors (Lipinski definition) is 1. The minimum absolute atomic E-state index is 0.640. The van der Waals surface area contributed by atoms with Crippen molar-refractivity contribution in [1.82, 2.24) is 4.90 Å². The van der Waals surface area contributed by atoms with Gasteiger partial charge in [-0.25, -0.2) is 0 Å². The smallest absolute Gasteiger partial charge is 0.00388 e. The average molecular weight is 184 g/mol. The third kappa shape index (κ3) is 4.10. The van der Waals surface area contributed by atoms with Gasteiger partial charge in [-0.1, -0.05) is 6.92 Å². The lowest BCUT2D eigenvalue weighted by Crippen LogP contribution is -2.38. The highest BCUT2D eigenvalue weighted by Gasteiger charge is 2.25. The third-order valence-corrected chi connectivity index (χ3v) is 2.87. The Bertz CT molecular complexity index is 141. The van der Waals surface area contributed by atoms with Gasteiger partial charge in [-0.3, -0.25) is 0 Å². The molecule has 0 aromatic heterocycles. The molecule has 1 aliphatic rings. The molecule has 0 aromatic carbocycles. The second kappa shape index (κ2) is 4.97. The van der Waals surface area contributed by atoms with Gasteiger partial charge in [-0.15, -0.1) is 0 Å². The Kier molecular flexibility index (Phi) is 4.20. The lowest BCUT2D eigenvalue weighted by molar-refractivity contribution is 0.186. The highest BCUT2D eigenvalue weighted by atomic mass is 15.2. The summed E-state index contributed by atoms with van der Waals surface area (Å²) in [7, 11) is 0. The van der Waals surface area contributed by atoms with Crippen molar-refractivity contribution in [2.45, 2.75) is 39.7 Å². The van der Waals surface area contributed by atoms with E-state index in [0.29, 0.717) is 12.0 Å². The van der Waals surface area contributed by atoms with Crippen molar-refractivity contribution in [3.8, 4) is 0 Å². The summed E-state index contributed by atoms with van der Waals surface area (Å²) in [5.41, 5.74) is 5.64. The number of rotatable bonds is 6. The van der Waals surface area contributed by atoms with Crippen LogP contribution in [0.3, 0.4) is 0 Å².